The normalized spacial score (nSPS) is 23.9. The van der Waals surface area contributed by atoms with Gasteiger partial charge in [0.2, 0.25) is 0 Å². The summed E-state index contributed by atoms with van der Waals surface area (Å²) in [5, 5.41) is 0. The van der Waals surface area contributed by atoms with E-state index in [1.807, 2.05) is 0 Å². The zero-order valence-corrected chi connectivity index (χ0v) is 10.6. The van der Waals surface area contributed by atoms with Crippen LogP contribution in [0.1, 0.15) is 35.0 Å². The van der Waals surface area contributed by atoms with Crippen LogP contribution in [0.2, 0.25) is 0 Å². The van der Waals surface area contributed by atoms with E-state index >= 15 is 0 Å². The van der Waals surface area contributed by atoms with Crippen LogP contribution in [0.4, 0.5) is 0 Å². The fourth-order valence-corrected chi connectivity index (χ4v) is 2.64. The zero-order chi connectivity index (χ0) is 11.4. The number of hydrogen-bond donors (Lipinski definition) is 0. The van der Waals surface area contributed by atoms with E-state index in [2.05, 4.69) is 51.7 Å². The highest BCUT2D eigenvalue weighted by molar-refractivity contribution is 5.51. The number of nitrogens with zero attached hydrogens (tertiary/aromatic N) is 2. The van der Waals surface area contributed by atoms with Gasteiger partial charge < -0.3 is 0 Å². The molecule has 1 atom stereocenters. The molecule has 1 unspecified atom stereocenters. The fraction of sp³-hybridized carbons (Fsp3) is 0.615. The summed E-state index contributed by atoms with van der Waals surface area (Å²) in [5.74, 6) is 0. The van der Waals surface area contributed by atoms with Gasteiger partial charge in [0.1, 0.15) is 0 Å². The molecule has 0 aliphatic heterocycles. The van der Waals surface area contributed by atoms with E-state index in [1.54, 1.807) is 0 Å². The molecule has 0 radical (unpaired) electrons. The highest BCUT2D eigenvalue weighted by atomic mass is 15.2. The summed E-state index contributed by atoms with van der Waals surface area (Å²) in [5.41, 5.74) is 6.97. The van der Waals surface area contributed by atoms with Crippen LogP contribution < -0.4 is 0 Å². The lowest BCUT2D eigenvalue weighted by molar-refractivity contribution is 0.142. The van der Waals surface area contributed by atoms with E-state index in [1.165, 1.54) is 28.1 Å². The van der Waals surface area contributed by atoms with Crippen molar-refractivity contribution in [2.75, 3.05) is 14.1 Å². The van der Waals surface area contributed by atoms with Gasteiger partial charge in [0, 0.05) is 16.9 Å². The first-order valence-electron chi connectivity index (χ1n) is 5.52. The Morgan fingerprint density at radius 2 is 1.73 bits per heavy atom. The molecule has 0 aromatic carbocycles. The van der Waals surface area contributed by atoms with Gasteiger partial charge in [0.25, 0.3) is 0 Å². The van der Waals surface area contributed by atoms with Crippen molar-refractivity contribution in [1.29, 1.82) is 0 Å². The number of likely N-dealkylation sites (N-methyl/N-ethyl adjacent to an activating group) is 1. The lowest BCUT2D eigenvalue weighted by Gasteiger charge is -2.48. The minimum absolute atomic E-state index is 0.220. The van der Waals surface area contributed by atoms with Crippen LogP contribution in [-0.2, 0) is 12.0 Å². The van der Waals surface area contributed by atoms with Crippen molar-refractivity contribution < 1.29 is 0 Å². The second-order valence-electron chi connectivity index (χ2n) is 5.11. The van der Waals surface area contributed by atoms with Crippen molar-refractivity contribution in [3.63, 3.8) is 0 Å². The maximum atomic E-state index is 4.59. The Morgan fingerprint density at radius 1 is 1.13 bits per heavy atom. The molecule has 0 amide bonds. The van der Waals surface area contributed by atoms with Gasteiger partial charge in [0.05, 0.1) is 0 Å². The van der Waals surface area contributed by atoms with Crippen LogP contribution in [0.25, 0.3) is 0 Å². The Kier molecular flexibility index (Phi) is 2.16. The number of rotatable bonds is 1. The molecule has 2 heteroatoms. The molecule has 82 valence electrons. The Balaban J connectivity index is 2.63. The molecule has 1 aliphatic carbocycles. The van der Waals surface area contributed by atoms with Gasteiger partial charge in [-0.05, 0) is 64.9 Å². The topological polar surface area (TPSA) is 16.1 Å². The van der Waals surface area contributed by atoms with Gasteiger partial charge in [-0.3, -0.25) is 9.88 Å². The van der Waals surface area contributed by atoms with Crippen LogP contribution in [0.3, 0.4) is 0 Å². The van der Waals surface area contributed by atoms with Gasteiger partial charge >= 0.3 is 0 Å². The van der Waals surface area contributed by atoms with Crippen molar-refractivity contribution in [3.05, 3.63) is 28.1 Å². The minimum Gasteiger partial charge on any atom is -0.300 e. The molecule has 1 heterocycles. The standard InChI is InChI=1S/C13H20N2/c1-8-9(2)14-10(3)11-7-13(4,12(8)11)15(5)6/h7H2,1-6H3. The van der Waals surface area contributed by atoms with Crippen LogP contribution in [-0.4, -0.2) is 24.0 Å². The van der Waals surface area contributed by atoms with Gasteiger partial charge in [-0.25, -0.2) is 0 Å². The third-order valence-corrected chi connectivity index (χ3v) is 4.04. The summed E-state index contributed by atoms with van der Waals surface area (Å²) < 4.78 is 0. The first-order valence-corrected chi connectivity index (χ1v) is 5.52. The molecular formula is C13H20N2. The van der Waals surface area contributed by atoms with E-state index < -0.39 is 0 Å². The maximum absolute atomic E-state index is 4.59. The summed E-state index contributed by atoms with van der Waals surface area (Å²) in [6.07, 6.45) is 1.13. The number of aromatic nitrogens is 1. The van der Waals surface area contributed by atoms with Gasteiger partial charge in [-0.2, -0.15) is 0 Å². The Hall–Kier alpha value is -0.890. The average Bonchev–Trinajstić information content (AvgIpc) is 2.10. The molecule has 1 aromatic rings. The smallest absolute Gasteiger partial charge is 0.0474 e. The molecule has 0 fully saturated rings. The lowest BCUT2D eigenvalue weighted by Crippen LogP contribution is -2.49. The Labute approximate surface area is 92.3 Å². The van der Waals surface area contributed by atoms with Gasteiger partial charge in [-0.1, -0.05) is 0 Å². The summed E-state index contributed by atoms with van der Waals surface area (Å²) in [7, 11) is 4.32. The molecule has 1 aliphatic rings. The third-order valence-electron chi connectivity index (χ3n) is 4.04. The van der Waals surface area contributed by atoms with Crippen molar-refractivity contribution in [2.24, 2.45) is 0 Å². The first-order chi connectivity index (χ1) is 6.88. The van der Waals surface area contributed by atoms with E-state index in [4.69, 9.17) is 0 Å². The zero-order valence-electron chi connectivity index (χ0n) is 10.6. The molecule has 0 saturated heterocycles. The van der Waals surface area contributed by atoms with Crippen molar-refractivity contribution in [1.82, 2.24) is 9.88 Å². The van der Waals surface area contributed by atoms with Crippen molar-refractivity contribution in [3.8, 4) is 0 Å². The van der Waals surface area contributed by atoms with E-state index in [0.29, 0.717) is 0 Å². The summed E-state index contributed by atoms with van der Waals surface area (Å²) in [6.45, 7) is 8.75. The predicted molar refractivity (Wildman–Crippen MR) is 63.2 cm³/mol. The fourth-order valence-electron chi connectivity index (χ4n) is 2.64. The molecular weight excluding hydrogens is 184 g/mol. The molecule has 0 spiro atoms. The Bertz CT molecular complexity index is 401. The van der Waals surface area contributed by atoms with Gasteiger partial charge in [-0.15, -0.1) is 0 Å². The summed E-state index contributed by atoms with van der Waals surface area (Å²) >= 11 is 0. The van der Waals surface area contributed by atoms with Crippen molar-refractivity contribution >= 4 is 0 Å². The monoisotopic (exact) mass is 204 g/mol. The van der Waals surface area contributed by atoms with E-state index in [0.717, 1.165) is 6.42 Å². The quantitative estimate of drug-likeness (QED) is 0.698. The minimum atomic E-state index is 0.220. The molecule has 15 heavy (non-hydrogen) atoms. The molecule has 1 aromatic heterocycles. The highest BCUT2D eigenvalue weighted by Gasteiger charge is 2.43. The van der Waals surface area contributed by atoms with Crippen LogP contribution in [0.15, 0.2) is 0 Å². The lowest BCUT2D eigenvalue weighted by atomic mass is 9.68. The average molecular weight is 204 g/mol. The van der Waals surface area contributed by atoms with Crippen LogP contribution in [0, 0.1) is 20.8 Å². The maximum Gasteiger partial charge on any atom is 0.0474 e. The molecule has 2 nitrogen and oxygen atoms in total. The highest BCUT2D eigenvalue weighted by Crippen LogP contribution is 2.45. The predicted octanol–water partition coefficient (Wildman–Crippen LogP) is 2.34. The molecule has 2 rings (SSSR count). The molecule has 0 N–H and O–H groups in total. The van der Waals surface area contributed by atoms with Gasteiger partial charge in [0.15, 0.2) is 0 Å². The SMILES string of the molecule is Cc1nc(C)c2c(c1C)C(C)(N(C)C)C2. The Morgan fingerprint density at radius 3 is 2.27 bits per heavy atom. The first kappa shape index (κ1) is 10.6. The van der Waals surface area contributed by atoms with Crippen molar-refractivity contribution in [2.45, 2.75) is 39.7 Å². The van der Waals surface area contributed by atoms with Crippen LogP contribution >= 0.6 is 0 Å². The van der Waals surface area contributed by atoms with E-state index in [9.17, 15) is 0 Å². The largest absolute Gasteiger partial charge is 0.300 e. The molecule has 0 saturated carbocycles. The number of fused-ring (bicyclic) bond motifs is 1. The number of pyridine rings is 1. The third kappa shape index (κ3) is 1.24. The summed E-state index contributed by atoms with van der Waals surface area (Å²) in [4.78, 5) is 6.91. The molecule has 0 bridgehead atoms. The summed E-state index contributed by atoms with van der Waals surface area (Å²) in [6, 6.07) is 0. The second-order valence-corrected chi connectivity index (χ2v) is 5.11. The number of hydrogen-bond acceptors (Lipinski definition) is 2. The number of aryl methyl sites for hydroxylation is 2. The van der Waals surface area contributed by atoms with Crippen LogP contribution in [0.5, 0.6) is 0 Å². The second kappa shape index (κ2) is 3.05. The van der Waals surface area contributed by atoms with E-state index in [-0.39, 0.29) is 5.54 Å².